The van der Waals surface area contributed by atoms with E-state index < -0.39 is 10.0 Å². The molecule has 2 N–H and O–H groups in total. The average Bonchev–Trinajstić information content (AvgIpc) is 2.81. The van der Waals surface area contributed by atoms with Gasteiger partial charge in [0.05, 0.1) is 13.7 Å². The van der Waals surface area contributed by atoms with Crippen LogP contribution >= 0.6 is 11.3 Å². The molecule has 0 spiro atoms. The smallest absolute Gasteiger partial charge is 0.263 e. The summed E-state index contributed by atoms with van der Waals surface area (Å²) in [4.78, 5) is 1.47. The maximum atomic E-state index is 12.3. The van der Waals surface area contributed by atoms with Crippen LogP contribution in [0.1, 0.15) is 9.75 Å². The van der Waals surface area contributed by atoms with E-state index in [2.05, 4.69) is 4.72 Å². The number of aliphatic hydroxyl groups is 1. The molecule has 2 rings (SSSR count). The molecule has 2 aromatic rings. The molecule has 0 radical (unpaired) electrons. The number of sulfonamides is 1. The number of hydrogen-bond donors (Lipinski definition) is 2. The number of aliphatic hydroxyl groups excluding tert-OH is 1. The van der Waals surface area contributed by atoms with Gasteiger partial charge in [0.25, 0.3) is 10.0 Å². The Morgan fingerprint density at radius 1 is 1.30 bits per heavy atom. The van der Waals surface area contributed by atoms with Crippen LogP contribution in [0.2, 0.25) is 0 Å². The van der Waals surface area contributed by atoms with Gasteiger partial charge in [-0.25, -0.2) is 8.42 Å². The van der Waals surface area contributed by atoms with Crippen LogP contribution in [-0.4, -0.2) is 20.6 Å². The molecular weight excluding hydrogens is 298 g/mol. The van der Waals surface area contributed by atoms with Crippen molar-refractivity contribution >= 4 is 27.0 Å². The highest BCUT2D eigenvalue weighted by Gasteiger charge is 2.19. The summed E-state index contributed by atoms with van der Waals surface area (Å²) in [5.74, 6) is 0.655. The molecule has 0 aliphatic carbocycles. The molecule has 0 aliphatic heterocycles. The molecule has 20 heavy (non-hydrogen) atoms. The van der Waals surface area contributed by atoms with Gasteiger partial charge in [-0.1, -0.05) is 0 Å². The van der Waals surface area contributed by atoms with Crippen LogP contribution in [0.3, 0.4) is 0 Å². The average molecular weight is 313 g/mol. The predicted molar refractivity (Wildman–Crippen MR) is 78.8 cm³/mol. The summed E-state index contributed by atoms with van der Waals surface area (Å²) in [5.41, 5.74) is 0.460. The van der Waals surface area contributed by atoms with E-state index in [0.29, 0.717) is 21.2 Å². The molecule has 7 heteroatoms. The number of rotatable bonds is 5. The quantitative estimate of drug-likeness (QED) is 0.888. The fourth-order valence-corrected chi connectivity index (χ4v) is 4.29. The zero-order valence-electron chi connectivity index (χ0n) is 11.1. The Balaban J connectivity index is 2.27. The SMILES string of the molecule is COc1ccc(NS(=O)(=O)c2cc(CO)sc2C)cc1. The third kappa shape index (κ3) is 3.12. The molecule has 0 saturated heterocycles. The van der Waals surface area contributed by atoms with E-state index >= 15 is 0 Å². The number of thiophene rings is 1. The first-order chi connectivity index (χ1) is 9.46. The van der Waals surface area contributed by atoms with E-state index in [4.69, 9.17) is 9.84 Å². The van der Waals surface area contributed by atoms with Crippen molar-refractivity contribution in [1.82, 2.24) is 0 Å². The van der Waals surface area contributed by atoms with Crippen molar-refractivity contribution in [2.45, 2.75) is 18.4 Å². The summed E-state index contributed by atoms with van der Waals surface area (Å²) in [6.07, 6.45) is 0. The van der Waals surface area contributed by atoms with Crippen molar-refractivity contribution in [3.05, 3.63) is 40.1 Å². The number of hydrogen-bond acceptors (Lipinski definition) is 5. The summed E-state index contributed by atoms with van der Waals surface area (Å²) in [7, 11) is -2.10. The number of methoxy groups -OCH3 is 1. The second-order valence-corrected chi connectivity index (χ2v) is 7.12. The summed E-state index contributed by atoms with van der Waals surface area (Å²) >= 11 is 1.27. The third-order valence-electron chi connectivity index (χ3n) is 2.71. The Hall–Kier alpha value is -1.57. The van der Waals surface area contributed by atoms with Crippen molar-refractivity contribution in [2.24, 2.45) is 0 Å². The molecule has 5 nitrogen and oxygen atoms in total. The van der Waals surface area contributed by atoms with Crippen molar-refractivity contribution in [1.29, 1.82) is 0 Å². The first-order valence-corrected chi connectivity index (χ1v) is 8.13. The Kier molecular flexibility index (Phi) is 4.32. The number of nitrogens with one attached hydrogen (secondary N) is 1. The zero-order chi connectivity index (χ0) is 14.8. The van der Waals surface area contributed by atoms with Gasteiger partial charge < -0.3 is 9.84 Å². The Labute approximate surface area is 121 Å². The van der Waals surface area contributed by atoms with E-state index in [1.807, 2.05) is 0 Å². The van der Waals surface area contributed by atoms with Gasteiger partial charge in [0.1, 0.15) is 10.6 Å². The highest BCUT2D eigenvalue weighted by atomic mass is 32.2. The third-order valence-corrected chi connectivity index (χ3v) is 5.38. The maximum Gasteiger partial charge on any atom is 0.263 e. The van der Waals surface area contributed by atoms with Gasteiger partial charge in [-0.3, -0.25) is 4.72 Å². The monoisotopic (exact) mass is 313 g/mol. The van der Waals surface area contributed by atoms with Gasteiger partial charge in [0.15, 0.2) is 0 Å². The van der Waals surface area contributed by atoms with Gasteiger partial charge in [0, 0.05) is 15.4 Å². The Morgan fingerprint density at radius 2 is 1.95 bits per heavy atom. The molecular formula is C13H15NO4S2. The minimum atomic E-state index is -3.64. The summed E-state index contributed by atoms with van der Waals surface area (Å²) in [6, 6.07) is 8.11. The van der Waals surface area contributed by atoms with Gasteiger partial charge in [-0.2, -0.15) is 0 Å². The van der Waals surface area contributed by atoms with Crippen molar-refractivity contribution < 1.29 is 18.3 Å². The second kappa shape index (κ2) is 5.82. The van der Waals surface area contributed by atoms with E-state index in [0.717, 1.165) is 0 Å². The Morgan fingerprint density at radius 3 is 2.45 bits per heavy atom. The number of ether oxygens (including phenoxy) is 1. The largest absolute Gasteiger partial charge is 0.497 e. The lowest BCUT2D eigenvalue weighted by Crippen LogP contribution is -2.13. The minimum absolute atomic E-state index is 0.163. The van der Waals surface area contributed by atoms with Gasteiger partial charge >= 0.3 is 0 Å². The topological polar surface area (TPSA) is 75.6 Å². The molecule has 108 valence electrons. The van der Waals surface area contributed by atoms with Gasteiger partial charge in [0.2, 0.25) is 0 Å². The molecule has 0 unspecified atom stereocenters. The molecule has 0 saturated carbocycles. The van der Waals surface area contributed by atoms with Gasteiger partial charge in [-0.15, -0.1) is 11.3 Å². The lowest BCUT2D eigenvalue weighted by Gasteiger charge is -2.08. The normalized spacial score (nSPS) is 11.3. The predicted octanol–water partition coefficient (Wildman–Crippen LogP) is 2.36. The Bertz CT molecular complexity index is 690. The molecule has 0 fully saturated rings. The lowest BCUT2D eigenvalue weighted by atomic mass is 10.3. The fourth-order valence-electron chi connectivity index (χ4n) is 1.74. The zero-order valence-corrected chi connectivity index (χ0v) is 12.7. The number of aryl methyl sites for hydroxylation is 1. The molecule has 0 amide bonds. The van der Waals surface area contributed by atoms with Crippen LogP contribution < -0.4 is 9.46 Å². The van der Waals surface area contributed by atoms with Crippen molar-refractivity contribution in [3.8, 4) is 5.75 Å². The highest BCUT2D eigenvalue weighted by Crippen LogP contribution is 2.27. The highest BCUT2D eigenvalue weighted by molar-refractivity contribution is 7.93. The van der Waals surface area contributed by atoms with E-state index in [1.165, 1.54) is 17.4 Å². The number of benzene rings is 1. The summed E-state index contributed by atoms with van der Waals surface area (Å²) in [6.45, 7) is 1.55. The van der Waals surface area contributed by atoms with Crippen LogP contribution in [0, 0.1) is 6.92 Å². The standard InChI is InChI=1S/C13H15NO4S2/c1-9-13(7-12(8-15)19-9)20(16,17)14-10-3-5-11(18-2)6-4-10/h3-7,14-15H,8H2,1-2H3. The van der Waals surface area contributed by atoms with E-state index in [9.17, 15) is 8.42 Å². The van der Waals surface area contributed by atoms with Crippen LogP contribution in [0.4, 0.5) is 5.69 Å². The summed E-state index contributed by atoms with van der Waals surface area (Å²) in [5, 5.41) is 9.07. The van der Waals surface area contributed by atoms with Crippen molar-refractivity contribution in [3.63, 3.8) is 0 Å². The first-order valence-electron chi connectivity index (χ1n) is 5.83. The van der Waals surface area contributed by atoms with Crippen molar-refractivity contribution in [2.75, 3.05) is 11.8 Å². The molecule has 1 heterocycles. The van der Waals surface area contributed by atoms with Crippen LogP contribution in [0.15, 0.2) is 35.2 Å². The van der Waals surface area contributed by atoms with Crippen LogP contribution in [0.25, 0.3) is 0 Å². The first kappa shape index (κ1) is 14.8. The van der Waals surface area contributed by atoms with Crippen LogP contribution in [0.5, 0.6) is 5.75 Å². The van der Waals surface area contributed by atoms with Gasteiger partial charge in [-0.05, 0) is 37.3 Å². The van der Waals surface area contributed by atoms with E-state index in [1.54, 1.807) is 38.3 Å². The van der Waals surface area contributed by atoms with Crippen LogP contribution in [-0.2, 0) is 16.6 Å². The van der Waals surface area contributed by atoms with E-state index in [-0.39, 0.29) is 11.5 Å². The maximum absolute atomic E-state index is 12.3. The lowest BCUT2D eigenvalue weighted by molar-refractivity contribution is 0.285. The molecule has 1 aromatic carbocycles. The summed E-state index contributed by atoms with van der Waals surface area (Å²) < 4.78 is 32.1. The number of anilines is 1. The molecule has 0 aliphatic rings. The molecule has 0 atom stereocenters. The second-order valence-electron chi connectivity index (χ2n) is 4.13. The molecule has 0 bridgehead atoms. The molecule has 1 aromatic heterocycles. The minimum Gasteiger partial charge on any atom is -0.497 e. The fraction of sp³-hybridized carbons (Fsp3) is 0.231.